The van der Waals surface area contributed by atoms with Gasteiger partial charge in [-0.3, -0.25) is 4.79 Å². The Bertz CT molecular complexity index is 272. The molecule has 1 rings (SSSR count). The molecule has 1 unspecified atom stereocenters. The van der Waals surface area contributed by atoms with Gasteiger partial charge in [-0.1, -0.05) is 0 Å². The van der Waals surface area contributed by atoms with Crippen LogP contribution < -0.4 is 16.4 Å². The maximum absolute atomic E-state index is 11.4. The van der Waals surface area contributed by atoms with Crippen LogP contribution in [0.1, 0.15) is 20.3 Å². The summed E-state index contributed by atoms with van der Waals surface area (Å²) in [5.41, 5.74) is 4.46. The van der Waals surface area contributed by atoms with Crippen molar-refractivity contribution in [3.05, 3.63) is 0 Å². The summed E-state index contributed by atoms with van der Waals surface area (Å²) in [4.78, 5) is 22.4. The number of carbonyl (C=O) groups excluding carboxylic acids is 2. The average Bonchev–Trinajstić information content (AvgIpc) is 2.67. The minimum absolute atomic E-state index is 0.0664. The van der Waals surface area contributed by atoms with Crippen LogP contribution in [-0.2, 0) is 9.53 Å². The molecule has 1 atom stereocenters. The summed E-state index contributed by atoms with van der Waals surface area (Å²) in [6.45, 7) is 4.83. The van der Waals surface area contributed by atoms with Crippen molar-refractivity contribution < 1.29 is 14.3 Å². The number of nitrogens with two attached hydrogens (primary N) is 1. The number of rotatable bonds is 4. The van der Waals surface area contributed by atoms with E-state index in [1.807, 2.05) is 0 Å². The molecule has 4 N–H and O–H groups in total. The van der Waals surface area contributed by atoms with Crippen LogP contribution in [0.25, 0.3) is 0 Å². The Morgan fingerprint density at radius 3 is 2.69 bits per heavy atom. The van der Waals surface area contributed by atoms with Gasteiger partial charge in [0.1, 0.15) is 0 Å². The molecule has 0 aliphatic carbocycles. The topological polar surface area (TPSA) is 93.4 Å². The highest BCUT2D eigenvalue weighted by Gasteiger charge is 2.26. The summed E-state index contributed by atoms with van der Waals surface area (Å²) in [6, 6.07) is -0.221. The van der Waals surface area contributed by atoms with E-state index in [4.69, 9.17) is 10.5 Å². The molecule has 1 aliphatic rings. The van der Waals surface area contributed by atoms with E-state index >= 15 is 0 Å². The van der Waals surface area contributed by atoms with E-state index in [0.29, 0.717) is 13.2 Å². The van der Waals surface area contributed by atoms with E-state index in [-0.39, 0.29) is 18.6 Å². The maximum atomic E-state index is 11.4. The fraction of sp³-hybridized carbons (Fsp3) is 0.800. The number of hydrogen-bond donors (Lipinski definition) is 3. The largest absolute Gasteiger partial charge is 0.379 e. The molecule has 3 amide bonds. The standard InChI is InChI=1S/C10H19N3O3/c1-10(2,8(11)14)6-12-9(15)13-7-3-4-16-5-7/h7H,3-6H2,1-2H3,(H2,11,14)(H2,12,13,15). The van der Waals surface area contributed by atoms with Gasteiger partial charge in [0.25, 0.3) is 0 Å². The first-order valence-corrected chi connectivity index (χ1v) is 5.34. The fourth-order valence-electron chi connectivity index (χ4n) is 1.27. The number of urea groups is 1. The van der Waals surface area contributed by atoms with Gasteiger partial charge in [0, 0.05) is 13.2 Å². The van der Waals surface area contributed by atoms with E-state index in [1.165, 1.54) is 0 Å². The summed E-state index contributed by atoms with van der Waals surface area (Å²) in [7, 11) is 0. The molecular formula is C10H19N3O3. The van der Waals surface area contributed by atoms with E-state index in [2.05, 4.69) is 10.6 Å². The second kappa shape index (κ2) is 5.16. The van der Waals surface area contributed by atoms with Crippen molar-refractivity contribution in [2.24, 2.45) is 11.1 Å². The minimum Gasteiger partial charge on any atom is -0.379 e. The van der Waals surface area contributed by atoms with Gasteiger partial charge in [-0.25, -0.2) is 4.79 Å². The molecule has 0 aromatic heterocycles. The smallest absolute Gasteiger partial charge is 0.315 e. The van der Waals surface area contributed by atoms with Crippen LogP contribution in [0.4, 0.5) is 4.79 Å². The predicted octanol–water partition coefficient (Wildman–Crippen LogP) is -0.414. The molecule has 0 spiro atoms. The van der Waals surface area contributed by atoms with Crippen molar-refractivity contribution in [2.75, 3.05) is 19.8 Å². The number of hydrogen-bond acceptors (Lipinski definition) is 3. The van der Waals surface area contributed by atoms with Crippen LogP contribution in [0.3, 0.4) is 0 Å². The van der Waals surface area contributed by atoms with Crippen molar-refractivity contribution in [1.29, 1.82) is 0 Å². The lowest BCUT2D eigenvalue weighted by atomic mass is 9.93. The zero-order valence-corrected chi connectivity index (χ0v) is 9.71. The third kappa shape index (κ3) is 3.69. The molecule has 1 fully saturated rings. The van der Waals surface area contributed by atoms with Crippen molar-refractivity contribution >= 4 is 11.9 Å². The quantitative estimate of drug-likeness (QED) is 0.611. The predicted molar refractivity (Wildman–Crippen MR) is 58.7 cm³/mol. The monoisotopic (exact) mass is 229 g/mol. The lowest BCUT2D eigenvalue weighted by molar-refractivity contribution is -0.125. The van der Waals surface area contributed by atoms with Gasteiger partial charge in [-0.15, -0.1) is 0 Å². The molecule has 0 aromatic carbocycles. The third-order valence-electron chi connectivity index (χ3n) is 2.62. The highest BCUT2D eigenvalue weighted by molar-refractivity contribution is 5.81. The number of amides is 3. The molecule has 1 aliphatic heterocycles. The second-order valence-corrected chi connectivity index (χ2v) is 4.64. The first-order chi connectivity index (χ1) is 7.42. The van der Waals surface area contributed by atoms with E-state index in [9.17, 15) is 9.59 Å². The Balaban J connectivity index is 2.26. The van der Waals surface area contributed by atoms with Crippen LogP contribution in [0.15, 0.2) is 0 Å². The Morgan fingerprint density at radius 2 is 2.19 bits per heavy atom. The molecule has 1 saturated heterocycles. The number of carbonyl (C=O) groups is 2. The van der Waals surface area contributed by atoms with Gasteiger partial charge in [0.15, 0.2) is 0 Å². The zero-order chi connectivity index (χ0) is 12.2. The van der Waals surface area contributed by atoms with Crippen molar-refractivity contribution in [2.45, 2.75) is 26.3 Å². The fourth-order valence-corrected chi connectivity index (χ4v) is 1.27. The van der Waals surface area contributed by atoms with E-state index < -0.39 is 11.3 Å². The molecule has 0 saturated carbocycles. The number of primary amides is 1. The lowest BCUT2D eigenvalue weighted by Gasteiger charge is -2.21. The zero-order valence-electron chi connectivity index (χ0n) is 9.71. The summed E-state index contributed by atoms with van der Waals surface area (Å²) in [6.07, 6.45) is 0.826. The summed E-state index contributed by atoms with van der Waals surface area (Å²) >= 11 is 0. The Labute approximate surface area is 94.9 Å². The SMILES string of the molecule is CC(C)(CNC(=O)NC1CCOC1)C(N)=O. The van der Waals surface area contributed by atoms with Gasteiger partial charge in [-0.05, 0) is 20.3 Å². The van der Waals surface area contributed by atoms with Crippen LogP contribution in [0.5, 0.6) is 0 Å². The Kier molecular flexibility index (Phi) is 4.12. The highest BCUT2D eigenvalue weighted by Crippen LogP contribution is 2.11. The van der Waals surface area contributed by atoms with Crippen LogP contribution in [0.2, 0.25) is 0 Å². The van der Waals surface area contributed by atoms with E-state index in [0.717, 1.165) is 6.42 Å². The summed E-state index contributed by atoms with van der Waals surface area (Å²) in [5, 5.41) is 5.39. The molecule has 0 bridgehead atoms. The van der Waals surface area contributed by atoms with Gasteiger partial charge in [0.05, 0.1) is 18.1 Å². The summed E-state index contributed by atoms with van der Waals surface area (Å²) < 4.78 is 5.12. The lowest BCUT2D eigenvalue weighted by Crippen LogP contribution is -2.48. The van der Waals surface area contributed by atoms with Gasteiger partial charge in [0.2, 0.25) is 5.91 Å². The molecule has 6 nitrogen and oxygen atoms in total. The highest BCUT2D eigenvalue weighted by atomic mass is 16.5. The average molecular weight is 229 g/mol. The van der Waals surface area contributed by atoms with Crippen molar-refractivity contribution in [1.82, 2.24) is 10.6 Å². The number of ether oxygens (including phenoxy) is 1. The van der Waals surface area contributed by atoms with Crippen LogP contribution in [0, 0.1) is 5.41 Å². The molecular weight excluding hydrogens is 210 g/mol. The molecule has 0 aromatic rings. The van der Waals surface area contributed by atoms with Crippen LogP contribution >= 0.6 is 0 Å². The van der Waals surface area contributed by atoms with E-state index in [1.54, 1.807) is 13.8 Å². The molecule has 0 radical (unpaired) electrons. The maximum Gasteiger partial charge on any atom is 0.315 e. The van der Waals surface area contributed by atoms with Crippen molar-refractivity contribution in [3.8, 4) is 0 Å². The van der Waals surface area contributed by atoms with Gasteiger partial charge >= 0.3 is 6.03 Å². The molecule has 16 heavy (non-hydrogen) atoms. The van der Waals surface area contributed by atoms with Gasteiger partial charge < -0.3 is 21.1 Å². The van der Waals surface area contributed by atoms with Crippen LogP contribution in [-0.4, -0.2) is 37.7 Å². The van der Waals surface area contributed by atoms with Crippen molar-refractivity contribution in [3.63, 3.8) is 0 Å². The normalized spacial score (nSPS) is 20.5. The Morgan fingerprint density at radius 1 is 1.50 bits per heavy atom. The Hall–Kier alpha value is -1.30. The third-order valence-corrected chi connectivity index (χ3v) is 2.62. The molecule has 1 heterocycles. The summed E-state index contributed by atoms with van der Waals surface area (Å²) in [5.74, 6) is -0.433. The molecule has 6 heteroatoms. The first kappa shape index (κ1) is 12.8. The number of nitrogens with one attached hydrogen (secondary N) is 2. The second-order valence-electron chi connectivity index (χ2n) is 4.64. The van der Waals surface area contributed by atoms with Gasteiger partial charge in [-0.2, -0.15) is 0 Å². The first-order valence-electron chi connectivity index (χ1n) is 5.34. The molecule has 92 valence electrons. The minimum atomic E-state index is -0.733.